The fourth-order valence-corrected chi connectivity index (χ4v) is 8.91. The Morgan fingerprint density at radius 3 is 2.43 bits per heavy atom. The molecule has 344 valence electrons. The summed E-state index contributed by atoms with van der Waals surface area (Å²) in [6, 6.07) is 0. The van der Waals surface area contributed by atoms with Gasteiger partial charge in [0.05, 0.1) is 19.5 Å². The maximum Gasteiger partial charge on any atom is 0.481 e. The Kier molecular flexibility index (Phi) is 20.8. The van der Waals surface area contributed by atoms with Gasteiger partial charge in [-0.2, -0.15) is 4.31 Å². The summed E-state index contributed by atoms with van der Waals surface area (Å²) in [4.78, 5) is 87.9. The molecule has 0 aliphatic carbocycles. The molecule has 0 saturated carbocycles. The zero-order valence-electron chi connectivity index (χ0n) is 33.6. The van der Waals surface area contributed by atoms with E-state index in [1.54, 1.807) is 6.08 Å². The third-order valence-electron chi connectivity index (χ3n) is 8.63. The first-order chi connectivity index (χ1) is 28.6. The molecule has 24 nitrogen and oxygen atoms in total. The number of hydrogen-bond acceptors (Lipinski definition) is 18. The van der Waals surface area contributed by atoms with Gasteiger partial charge in [0.2, 0.25) is 11.8 Å². The SMILES string of the molecule is CCCCCC=CCC=CCC(=O)SCCNC(=O)CCNC(=O)C(O)C(C)(C)COP(=O)(O)OP(=O)(O)OCC1OC(n2cnc3c(N)ncnc32)C(O)C1OP(=O)(O)O. The van der Waals surface area contributed by atoms with Crippen LogP contribution in [0.25, 0.3) is 11.2 Å². The number of anilines is 1. The number of thioether (sulfide) groups is 1. The van der Waals surface area contributed by atoms with Gasteiger partial charge in [0.25, 0.3) is 0 Å². The van der Waals surface area contributed by atoms with E-state index in [9.17, 15) is 57.9 Å². The van der Waals surface area contributed by atoms with E-state index in [1.807, 2.05) is 6.08 Å². The molecule has 0 aromatic carbocycles. The van der Waals surface area contributed by atoms with Gasteiger partial charge in [-0.3, -0.25) is 32.5 Å². The summed E-state index contributed by atoms with van der Waals surface area (Å²) in [5.41, 5.74) is 4.27. The minimum absolute atomic E-state index is 0.0306. The normalized spacial score (nSPS) is 21.1. The van der Waals surface area contributed by atoms with E-state index in [-0.39, 0.29) is 48.0 Å². The van der Waals surface area contributed by atoms with Crippen LogP contribution in [0, 0.1) is 5.41 Å². The van der Waals surface area contributed by atoms with E-state index < -0.39 is 84.6 Å². The number of allylic oxidation sites excluding steroid dienone is 4. The van der Waals surface area contributed by atoms with Crippen molar-refractivity contribution in [2.24, 2.45) is 5.41 Å². The number of amides is 2. The molecule has 2 aromatic rings. The van der Waals surface area contributed by atoms with E-state index in [4.69, 9.17) is 19.5 Å². The minimum atomic E-state index is -5.57. The summed E-state index contributed by atoms with van der Waals surface area (Å²) in [6.07, 6.45) is 6.62. The van der Waals surface area contributed by atoms with Crippen molar-refractivity contribution >= 4 is 69.1 Å². The van der Waals surface area contributed by atoms with Gasteiger partial charge in [0.15, 0.2) is 22.8 Å². The van der Waals surface area contributed by atoms with E-state index in [0.717, 1.165) is 48.2 Å². The number of ether oxygens (including phenoxy) is 1. The Bertz CT molecular complexity index is 1980. The third kappa shape index (κ3) is 18.0. The van der Waals surface area contributed by atoms with Crippen LogP contribution in [-0.4, -0.2) is 123 Å². The average molecular weight is 946 g/mol. The highest BCUT2D eigenvalue weighted by molar-refractivity contribution is 8.13. The Morgan fingerprint density at radius 1 is 1.02 bits per heavy atom. The van der Waals surface area contributed by atoms with Crippen molar-refractivity contribution in [2.75, 3.05) is 37.8 Å². The number of imidazole rings is 1. The van der Waals surface area contributed by atoms with E-state index in [1.165, 1.54) is 26.7 Å². The second-order valence-electron chi connectivity index (χ2n) is 14.2. The lowest BCUT2D eigenvalue weighted by Gasteiger charge is -2.30. The average Bonchev–Trinajstić information content (AvgIpc) is 3.73. The molecule has 3 rings (SSSR count). The molecule has 7 unspecified atom stereocenters. The summed E-state index contributed by atoms with van der Waals surface area (Å²) >= 11 is 1.08. The Morgan fingerprint density at radius 2 is 1.72 bits per heavy atom. The minimum Gasteiger partial charge on any atom is -0.386 e. The van der Waals surface area contributed by atoms with Crippen LogP contribution in [0.2, 0.25) is 0 Å². The number of phosphoric ester groups is 3. The number of carbonyl (C=O) groups is 3. The van der Waals surface area contributed by atoms with Crippen LogP contribution < -0.4 is 16.4 Å². The number of phosphoric acid groups is 3. The number of nitrogen functional groups attached to an aromatic ring is 1. The monoisotopic (exact) mass is 945 g/mol. The molecule has 28 heteroatoms. The van der Waals surface area contributed by atoms with Gasteiger partial charge in [-0.05, 0) is 19.3 Å². The molecular formula is C33H54N7O17P3S. The number of aliphatic hydroxyl groups excluding tert-OH is 2. The number of nitrogens with one attached hydrogen (secondary N) is 2. The van der Waals surface area contributed by atoms with Crippen molar-refractivity contribution in [2.45, 2.75) is 96.4 Å². The maximum atomic E-state index is 12.7. The van der Waals surface area contributed by atoms with Crippen LogP contribution in [0.1, 0.15) is 71.9 Å². The van der Waals surface area contributed by atoms with Gasteiger partial charge in [-0.15, -0.1) is 0 Å². The standard InChI is InChI=1S/C33H54N7O17P3S/c1-4-5-6-7-8-9-10-11-12-13-24(42)61-17-16-35-23(41)14-15-36-31(45)28(44)33(2,3)19-54-60(51,52)57-59(49,50)53-18-22-27(56-58(46,47)48)26(43)32(55-22)40-21-39-25-29(34)37-20-38-30(25)40/h8-9,11-12,20-22,26-28,32,43-44H,4-7,10,13-19H2,1-3H3,(H,35,41)(H,36,45)(H,49,50)(H,51,52)(H2,34,37,38)(H2,46,47,48). The van der Waals surface area contributed by atoms with Crippen molar-refractivity contribution in [3.8, 4) is 0 Å². The topological polar surface area (TPSA) is 364 Å². The van der Waals surface area contributed by atoms with Crippen molar-refractivity contribution in [3.63, 3.8) is 0 Å². The predicted octanol–water partition coefficient (Wildman–Crippen LogP) is 2.14. The van der Waals surface area contributed by atoms with Crippen LogP contribution in [0.15, 0.2) is 37.0 Å². The van der Waals surface area contributed by atoms with Gasteiger partial charge in [0, 0.05) is 37.1 Å². The van der Waals surface area contributed by atoms with Gasteiger partial charge in [-0.25, -0.2) is 28.6 Å². The first kappa shape index (κ1) is 52.4. The van der Waals surface area contributed by atoms with Gasteiger partial charge >= 0.3 is 23.5 Å². The molecule has 1 fully saturated rings. The Labute approximate surface area is 355 Å². The van der Waals surface area contributed by atoms with E-state index in [2.05, 4.69) is 53.5 Å². The number of fused-ring (bicyclic) bond motifs is 1. The third-order valence-corrected chi connectivity index (χ3v) is 12.6. The number of carbonyl (C=O) groups excluding carboxylic acids is 3. The van der Waals surface area contributed by atoms with Crippen LogP contribution in [0.3, 0.4) is 0 Å². The molecule has 7 atom stereocenters. The molecule has 0 bridgehead atoms. The van der Waals surface area contributed by atoms with Gasteiger partial charge in [0.1, 0.15) is 36.3 Å². The van der Waals surface area contributed by atoms with E-state index in [0.29, 0.717) is 5.75 Å². The predicted molar refractivity (Wildman–Crippen MR) is 219 cm³/mol. The molecule has 3 heterocycles. The Balaban J connectivity index is 1.40. The first-order valence-electron chi connectivity index (χ1n) is 18.9. The van der Waals surface area contributed by atoms with Crippen LogP contribution in [-0.2, 0) is 50.7 Å². The summed E-state index contributed by atoms with van der Waals surface area (Å²) < 4.78 is 62.2. The summed E-state index contributed by atoms with van der Waals surface area (Å²) in [6.45, 7) is 2.65. The first-order valence-corrected chi connectivity index (χ1v) is 24.4. The lowest BCUT2D eigenvalue weighted by molar-refractivity contribution is -0.137. The zero-order chi connectivity index (χ0) is 45.4. The van der Waals surface area contributed by atoms with E-state index >= 15 is 0 Å². The molecular weight excluding hydrogens is 891 g/mol. The summed E-state index contributed by atoms with van der Waals surface area (Å²) in [7, 11) is -16.4. The lowest BCUT2D eigenvalue weighted by Crippen LogP contribution is -2.46. The van der Waals surface area contributed by atoms with Gasteiger partial charge < -0.3 is 50.9 Å². The van der Waals surface area contributed by atoms with Crippen LogP contribution >= 0.6 is 35.2 Å². The molecule has 0 radical (unpaired) electrons. The molecule has 0 spiro atoms. The number of unbranched alkanes of at least 4 members (excludes halogenated alkanes) is 3. The fourth-order valence-electron chi connectivity index (χ4n) is 5.43. The zero-order valence-corrected chi connectivity index (χ0v) is 37.1. The second-order valence-corrected chi connectivity index (χ2v) is 19.6. The quantitative estimate of drug-likeness (QED) is 0.0352. The largest absolute Gasteiger partial charge is 0.481 e. The number of aromatic nitrogens is 4. The fraction of sp³-hybridized carbons (Fsp3) is 0.636. The van der Waals surface area contributed by atoms with Crippen molar-refractivity contribution < 1.29 is 80.5 Å². The molecule has 2 aromatic heterocycles. The summed E-state index contributed by atoms with van der Waals surface area (Å²) in [5.74, 6) is -1.11. The Hall–Kier alpha value is -2.96. The highest BCUT2D eigenvalue weighted by Gasteiger charge is 2.50. The number of aliphatic hydroxyl groups is 2. The molecule has 1 saturated heterocycles. The second kappa shape index (κ2) is 24.2. The van der Waals surface area contributed by atoms with Gasteiger partial charge in [-0.1, -0.05) is 69.7 Å². The molecule has 1 aliphatic heterocycles. The highest BCUT2D eigenvalue weighted by Crippen LogP contribution is 2.61. The number of nitrogens with two attached hydrogens (primary N) is 1. The van der Waals surface area contributed by atoms with Crippen LogP contribution in [0.5, 0.6) is 0 Å². The lowest BCUT2D eigenvalue weighted by atomic mass is 9.87. The van der Waals surface area contributed by atoms with Crippen molar-refractivity contribution in [1.82, 2.24) is 30.2 Å². The maximum absolute atomic E-state index is 12.7. The number of rotatable bonds is 27. The molecule has 1 aliphatic rings. The smallest absolute Gasteiger partial charge is 0.386 e. The number of hydrogen-bond donors (Lipinski definition) is 9. The highest BCUT2D eigenvalue weighted by atomic mass is 32.2. The van der Waals surface area contributed by atoms with Crippen LogP contribution in [0.4, 0.5) is 5.82 Å². The van der Waals surface area contributed by atoms with Crippen molar-refractivity contribution in [1.29, 1.82) is 0 Å². The molecule has 2 amide bonds. The molecule has 61 heavy (non-hydrogen) atoms. The number of nitrogens with zero attached hydrogens (tertiary/aromatic N) is 4. The van der Waals surface area contributed by atoms with Crippen molar-refractivity contribution in [3.05, 3.63) is 37.0 Å². The summed E-state index contributed by atoms with van der Waals surface area (Å²) in [5, 5.41) is 26.4. The molecule has 10 N–H and O–H groups in total.